The zero-order valence-electron chi connectivity index (χ0n) is 8.56. The molecule has 0 aliphatic rings. The summed E-state index contributed by atoms with van der Waals surface area (Å²) in [4.78, 5) is 0. The van der Waals surface area contributed by atoms with Crippen LogP contribution >= 0.6 is 0 Å². The van der Waals surface area contributed by atoms with E-state index in [9.17, 15) is 0 Å². The average Bonchev–Trinajstić information content (AvgIpc) is 1.56. The van der Waals surface area contributed by atoms with Gasteiger partial charge in [0.25, 0.3) is 0 Å². The van der Waals surface area contributed by atoms with E-state index in [0.717, 1.165) is 0 Å². The molecular weight excluding hydrogens is 138 g/mol. The lowest BCUT2D eigenvalue weighted by molar-refractivity contribution is -0.122. The molecule has 0 aliphatic carbocycles. The fourth-order valence-corrected chi connectivity index (χ4v) is 0.642. The van der Waals surface area contributed by atoms with Crippen molar-refractivity contribution in [1.82, 2.24) is 0 Å². The van der Waals surface area contributed by atoms with Crippen molar-refractivity contribution >= 4 is 0 Å². The van der Waals surface area contributed by atoms with Crippen molar-refractivity contribution in [2.24, 2.45) is 11.1 Å². The summed E-state index contributed by atoms with van der Waals surface area (Å²) in [7, 11) is 0. The Morgan fingerprint density at radius 1 is 1.09 bits per heavy atom. The normalized spacial score (nSPS) is 16.6. The van der Waals surface area contributed by atoms with Crippen molar-refractivity contribution in [2.45, 2.75) is 53.4 Å². The van der Waals surface area contributed by atoms with Gasteiger partial charge in [0.1, 0.15) is 6.23 Å². The number of nitrogens with two attached hydrogens (primary N) is 1. The van der Waals surface area contributed by atoms with Crippen molar-refractivity contribution in [3.8, 4) is 0 Å². The molecule has 2 heteroatoms. The van der Waals surface area contributed by atoms with Crippen molar-refractivity contribution in [3.05, 3.63) is 0 Å². The van der Waals surface area contributed by atoms with E-state index in [1.165, 1.54) is 0 Å². The fourth-order valence-electron chi connectivity index (χ4n) is 0.642. The summed E-state index contributed by atoms with van der Waals surface area (Å²) in [6, 6.07) is 0. The first-order valence-electron chi connectivity index (χ1n) is 4.10. The standard InChI is InChI=1S/C9H21NO/c1-7(10)11-9(5,6)8(2,3)4/h7H,10H2,1-6H3. The Labute approximate surface area is 70.1 Å². The highest BCUT2D eigenvalue weighted by Gasteiger charge is 2.34. The van der Waals surface area contributed by atoms with E-state index in [1.807, 2.05) is 6.92 Å². The molecule has 0 aromatic rings. The molecule has 2 nitrogen and oxygen atoms in total. The van der Waals surface area contributed by atoms with E-state index in [1.54, 1.807) is 0 Å². The van der Waals surface area contributed by atoms with Crippen LogP contribution in [-0.2, 0) is 4.74 Å². The molecule has 0 aromatic heterocycles. The molecule has 2 N–H and O–H groups in total. The molecule has 0 aliphatic heterocycles. The van der Waals surface area contributed by atoms with Gasteiger partial charge in [-0.25, -0.2) is 0 Å². The van der Waals surface area contributed by atoms with Crippen LogP contribution in [-0.4, -0.2) is 11.8 Å². The van der Waals surface area contributed by atoms with Crippen molar-refractivity contribution in [1.29, 1.82) is 0 Å². The molecule has 0 heterocycles. The first-order valence-corrected chi connectivity index (χ1v) is 4.10. The Morgan fingerprint density at radius 2 is 1.45 bits per heavy atom. The maximum Gasteiger partial charge on any atom is 0.103 e. The van der Waals surface area contributed by atoms with E-state index >= 15 is 0 Å². The largest absolute Gasteiger partial charge is 0.357 e. The number of ether oxygens (including phenoxy) is 1. The molecule has 0 radical (unpaired) electrons. The Hall–Kier alpha value is -0.0800. The van der Waals surface area contributed by atoms with Gasteiger partial charge >= 0.3 is 0 Å². The monoisotopic (exact) mass is 159 g/mol. The van der Waals surface area contributed by atoms with Crippen LogP contribution in [0.5, 0.6) is 0 Å². The zero-order chi connectivity index (χ0) is 9.28. The second kappa shape index (κ2) is 3.11. The molecular formula is C9H21NO. The number of rotatable bonds is 2. The van der Waals surface area contributed by atoms with Gasteiger partial charge in [0, 0.05) is 0 Å². The minimum Gasteiger partial charge on any atom is -0.357 e. The summed E-state index contributed by atoms with van der Waals surface area (Å²) in [6.07, 6.45) is -0.191. The lowest BCUT2D eigenvalue weighted by atomic mass is 9.79. The van der Waals surface area contributed by atoms with E-state index in [-0.39, 0.29) is 17.2 Å². The van der Waals surface area contributed by atoms with Crippen molar-refractivity contribution < 1.29 is 4.74 Å². The summed E-state index contributed by atoms with van der Waals surface area (Å²) in [5.41, 5.74) is 5.51. The van der Waals surface area contributed by atoms with Crippen LogP contribution in [0.4, 0.5) is 0 Å². The lowest BCUT2D eigenvalue weighted by Crippen LogP contribution is -2.44. The Bertz CT molecular complexity index is 122. The van der Waals surface area contributed by atoms with Crippen LogP contribution in [0.2, 0.25) is 0 Å². The molecule has 0 amide bonds. The van der Waals surface area contributed by atoms with Gasteiger partial charge in [-0.3, -0.25) is 0 Å². The lowest BCUT2D eigenvalue weighted by Gasteiger charge is -2.39. The molecule has 0 saturated carbocycles. The van der Waals surface area contributed by atoms with Crippen LogP contribution in [0.3, 0.4) is 0 Å². The van der Waals surface area contributed by atoms with Gasteiger partial charge in [-0.2, -0.15) is 0 Å². The zero-order valence-corrected chi connectivity index (χ0v) is 8.56. The quantitative estimate of drug-likeness (QED) is 0.626. The summed E-state index contributed by atoms with van der Waals surface area (Å²) in [5, 5.41) is 0. The second-order valence-electron chi connectivity index (χ2n) is 4.58. The van der Waals surface area contributed by atoms with Crippen LogP contribution < -0.4 is 5.73 Å². The molecule has 0 aromatic carbocycles. The van der Waals surface area contributed by atoms with Gasteiger partial charge in [0.2, 0.25) is 0 Å². The van der Waals surface area contributed by atoms with Crippen LogP contribution in [0.15, 0.2) is 0 Å². The van der Waals surface area contributed by atoms with Crippen molar-refractivity contribution in [2.75, 3.05) is 0 Å². The molecule has 0 bridgehead atoms. The van der Waals surface area contributed by atoms with E-state index < -0.39 is 0 Å². The first-order chi connectivity index (χ1) is 4.67. The van der Waals surface area contributed by atoms with Crippen molar-refractivity contribution in [3.63, 3.8) is 0 Å². The predicted octanol–water partition coefficient (Wildman–Crippen LogP) is 2.13. The molecule has 0 saturated heterocycles. The summed E-state index contributed by atoms with van der Waals surface area (Å²) < 4.78 is 5.58. The fraction of sp³-hybridized carbons (Fsp3) is 1.00. The highest BCUT2D eigenvalue weighted by Crippen LogP contribution is 2.33. The molecule has 0 rings (SSSR count). The van der Waals surface area contributed by atoms with Gasteiger partial charge in [0.15, 0.2) is 0 Å². The maximum absolute atomic E-state index is 5.58. The van der Waals surface area contributed by atoms with Gasteiger partial charge in [0.05, 0.1) is 5.60 Å². The minimum atomic E-state index is -0.191. The molecule has 0 spiro atoms. The highest BCUT2D eigenvalue weighted by molar-refractivity contribution is 4.83. The van der Waals surface area contributed by atoms with E-state index in [2.05, 4.69) is 34.6 Å². The van der Waals surface area contributed by atoms with Gasteiger partial charge in [-0.05, 0) is 26.2 Å². The number of hydrogen-bond acceptors (Lipinski definition) is 2. The average molecular weight is 159 g/mol. The highest BCUT2D eigenvalue weighted by atomic mass is 16.5. The van der Waals surface area contributed by atoms with Gasteiger partial charge < -0.3 is 10.5 Å². The molecule has 1 atom stereocenters. The number of hydrogen-bond donors (Lipinski definition) is 1. The minimum absolute atomic E-state index is 0.126. The van der Waals surface area contributed by atoms with Crippen LogP contribution in [0, 0.1) is 5.41 Å². The topological polar surface area (TPSA) is 35.2 Å². The Morgan fingerprint density at radius 3 is 1.55 bits per heavy atom. The second-order valence-corrected chi connectivity index (χ2v) is 4.58. The van der Waals surface area contributed by atoms with E-state index in [4.69, 9.17) is 10.5 Å². The molecule has 0 fully saturated rings. The summed E-state index contributed by atoms with van der Waals surface area (Å²) in [5.74, 6) is 0. The van der Waals surface area contributed by atoms with Gasteiger partial charge in [-0.15, -0.1) is 0 Å². The van der Waals surface area contributed by atoms with E-state index in [0.29, 0.717) is 0 Å². The van der Waals surface area contributed by atoms with Crippen LogP contribution in [0.1, 0.15) is 41.5 Å². The summed E-state index contributed by atoms with van der Waals surface area (Å²) in [6.45, 7) is 12.4. The Balaban J connectivity index is 4.22. The Kier molecular flexibility index (Phi) is 3.09. The first kappa shape index (κ1) is 10.9. The SMILES string of the molecule is CC(N)OC(C)(C)C(C)(C)C. The van der Waals surface area contributed by atoms with Gasteiger partial charge in [-0.1, -0.05) is 20.8 Å². The molecule has 68 valence electrons. The predicted molar refractivity (Wildman–Crippen MR) is 48.3 cm³/mol. The summed E-state index contributed by atoms with van der Waals surface area (Å²) >= 11 is 0. The smallest absolute Gasteiger partial charge is 0.103 e. The third kappa shape index (κ3) is 3.21. The van der Waals surface area contributed by atoms with Crippen LogP contribution in [0.25, 0.3) is 0 Å². The third-order valence-electron chi connectivity index (χ3n) is 2.29. The third-order valence-corrected chi connectivity index (χ3v) is 2.29. The maximum atomic E-state index is 5.58. The molecule has 11 heavy (non-hydrogen) atoms. The molecule has 1 unspecified atom stereocenters.